The zero-order valence-corrected chi connectivity index (χ0v) is 14.8. The van der Waals surface area contributed by atoms with Crippen LogP contribution in [0.3, 0.4) is 0 Å². The first-order chi connectivity index (χ1) is 13.0. The van der Waals surface area contributed by atoms with Gasteiger partial charge in [0.25, 0.3) is 5.56 Å². The summed E-state index contributed by atoms with van der Waals surface area (Å²) in [5.41, 5.74) is 3.14. The third kappa shape index (κ3) is 3.90. The molecule has 2 aromatic carbocycles. The smallest absolute Gasteiger partial charge is 0.335 e. The van der Waals surface area contributed by atoms with Gasteiger partial charge in [0.1, 0.15) is 11.3 Å². The zero-order valence-electron chi connectivity index (χ0n) is 14.8. The normalized spacial score (nSPS) is 10.9. The quantitative estimate of drug-likeness (QED) is 0.473. The summed E-state index contributed by atoms with van der Waals surface area (Å²) in [4.78, 5) is 26.4. The van der Waals surface area contributed by atoms with Crippen molar-refractivity contribution in [1.82, 2.24) is 9.55 Å². The number of benzene rings is 2. The molecule has 27 heavy (non-hydrogen) atoms. The molecule has 1 aromatic heterocycles. The first-order valence-corrected chi connectivity index (χ1v) is 8.08. The Balaban J connectivity index is 1.94. The monoisotopic (exact) mass is 366 g/mol. The lowest BCUT2D eigenvalue weighted by molar-refractivity contribution is 0.415. The molecule has 0 atom stereocenters. The van der Waals surface area contributed by atoms with Crippen molar-refractivity contribution in [3.8, 4) is 17.3 Å². The van der Waals surface area contributed by atoms with E-state index in [4.69, 9.17) is 4.74 Å². The molecule has 8 nitrogen and oxygen atoms in total. The number of aromatic nitrogens is 2. The van der Waals surface area contributed by atoms with Crippen molar-refractivity contribution in [2.45, 2.75) is 6.92 Å². The first-order valence-electron chi connectivity index (χ1n) is 8.08. The Morgan fingerprint density at radius 1 is 1.19 bits per heavy atom. The van der Waals surface area contributed by atoms with Crippen LogP contribution in [0.2, 0.25) is 0 Å². The molecule has 0 radical (unpaired) electrons. The van der Waals surface area contributed by atoms with Crippen molar-refractivity contribution in [2.75, 3.05) is 12.5 Å². The van der Waals surface area contributed by atoms with E-state index in [-0.39, 0.29) is 5.56 Å². The van der Waals surface area contributed by atoms with Gasteiger partial charge in [-0.1, -0.05) is 12.1 Å². The average molecular weight is 366 g/mol. The molecule has 3 rings (SSSR count). The predicted molar refractivity (Wildman–Crippen MR) is 103 cm³/mol. The lowest BCUT2D eigenvalue weighted by Crippen LogP contribution is -2.31. The van der Waals surface area contributed by atoms with Gasteiger partial charge in [-0.05, 0) is 48.9 Å². The van der Waals surface area contributed by atoms with Gasteiger partial charge in [0.15, 0.2) is 0 Å². The van der Waals surface area contributed by atoms with Gasteiger partial charge in [0.05, 0.1) is 24.7 Å². The zero-order chi connectivity index (χ0) is 19.4. The third-order valence-electron chi connectivity index (χ3n) is 3.86. The Bertz CT molecular complexity index is 1100. The number of ether oxygens (including phenoxy) is 1. The van der Waals surface area contributed by atoms with Crippen molar-refractivity contribution in [2.24, 2.45) is 5.10 Å². The maximum absolute atomic E-state index is 12.2. The van der Waals surface area contributed by atoms with Crippen LogP contribution in [0.15, 0.2) is 63.2 Å². The Hall–Kier alpha value is -3.81. The standard InChI is InChI=1S/C19H18N4O4/c1-12-4-3-5-14(10-12)23-18(25)16(17(24)21-19(23)26)11-20-22-13-6-8-15(27-2)9-7-13/h3-11,22,25H,1-2H3,(H,21,24,26)/b20-11+. The number of aromatic amines is 1. The molecule has 8 heteroatoms. The average Bonchev–Trinajstić information content (AvgIpc) is 2.65. The van der Waals surface area contributed by atoms with Crippen LogP contribution in [-0.2, 0) is 0 Å². The van der Waals surface area contributed by atoms with Gasteiger partial charge >= 0.3 is 5.69 Å². The fraction of sp³-hybridized carbons (Fsp3) is 0.105. The number of H-pyrrole nitrogens is 1. The molecule has 0 saturated carbocycles. The molecular formula is C19H18N4O4. The minimum absolute atomic E-state index is 0.142. The molecule has 0 aliphatic rings. The van der Waals surface area contributed by atoms with E-state index in [0.717, 1.165) is 16.3 Å². The van der Waals surface area contributed by atoms with Gasteiger partial charge in [0.2, 0.25) is 5.88 Å². The SMILES string of the molecule is COc1ccc(N/N=C/c2c(O)n(-c3cccc(C)c3)c(=O)[nH]c2=O)cc1. The number of aromatic hydroxyl groups is 1. The topological polar surface area (TPSA) is 109 Å². The maximum atomic E-state index is 12.2. The second-order valence-electron chi connectivity index (χ2n) is 5.77. The Morgan fingerprint density at radius 2 is 1.93 bits per heavy atom. The molecule has 3 aromatic rings. The van der Waals surface area contributed by atoms with Crippen LogP contribution in [0.1, 0.15) is 11.1 Å². The lowest BCUT2D eigenvalue weighted by Gasteiger charge is -2.10. The van der Waals surface area contributed by atoms with E-state index in [2.05, 4.69) is 15.5 Å². The van der Waals surface area contributed by atoms with Crippen LogP contribution in [0.4, 0.5) is 5.69 Å². The number of hydrogen-bond acceptors (Lipinski definition) is 6. The van der Waals surface area contributed by atoms with Gasteiger partial charge in [-0.15, -0.1) is 0 Å². The third-order valence-corrected chi connectivity index (χ3v) is 3.86. The number of aryl methyl sites for hydroxylation is 1. The second-order valence-corrected chi connectivity index (χ2v) is 5.77. The van der Waals surface area contributed by atoms with E-state index in [1.807, 2.05) is 13.0 Å². The van der Waals surface area contributed by atoms with Gasteiger partial charge < -0.3 is 9.84 Å². The van der Waals surface area contributed by atoms with E-state index in [9.17, 15) is 14.7 Å². The fourth-order valence-electron chi connectivity index (χ4n) is 2.50. The summed E-state index contributed by atoms with van der Waals surface area (Å²) in [5, 5.41) is 14.4. The number of nitrogens with one attached hydrogen (secondary N) is 2. The van der Waals surface area contributed by atoms with Crippen LogP contribution in [0.25, 0.3) is 5.69 Å². The molecule has 0 saturated heterocycles. The van der Waals surface area contributed by atoms with Crippen LogP contribution < -0.4 is 21.4 Å². The van der Waals surface area contributed by atoms with Crippen LogP contribution in [0.5, 0.6) is 11.6 Å². The second kappa shape index (κ2) is 7.61. The molecular weight excluding hydrogens is 348 g/mol. The van der Waals surface area contributed by atoms with Crippen LogP contribution in [-0.4, -0.2) is 28.0 Å². The molecule has 0 spiro atoms. The van der Waals surface area contributed by atoms with Crippen molar-refractivity contribution in [3.05, 3.63) is 80.5 Å². The summed E-state index contributed by atoms with van der Waals surface area (Å²) >= 11 is 0. The number of anilines is 1. The lowest BCUT2D eigenvalue weighted by atomic mass is 10.2. The van der Waals surface area contributed by atoms with E-state index < -0.39 is 17.1 Å². The number of rotatable bonds is 5. The van der Waals surface area contributed by atoms with Gasteiger partial charge in [0, 0.05) is 0 Å². The first kappa shape index (κ1) is 18.0. The minimum atomic E-state index is -0.735. The van der Waals surface area contributed by atoms with Crippen LogP contribution in [0, 0.1) is 6.92 Å². The summed E-state index contributed by atoms with van der Waals surface area (Å²) in [6.45, 7) is 1.86. The molecule has 0 aliphatic heterocycles. The van der Waals surface area contributed by atoms with Crippen molar-refractivity contribution in [3.63, 3.8) is 0 Å². The van der Waals surface area contributed by atoms with E-state index in [1.54, 1.807) is 49.6 Å². The maximum Gasteiger partial charge on any atom is 0.335 e. The van der Waals surface area contributed by atoms with E-state index in [0.29, 0.717) is 17.1 Å². The summed E-state index contributed by atoms with van der Waals surface area (Å²) in [6, 6.07) is 14.0. The molecule has 1 heterocycles. The highest BCUT2D eigenvalue weighted by Crippen LogP contribution is 2.17. The highest BCUT2D eigenvalue weighted by atomic mass is 16.5. The van der Waals surface area contributed by atoms with Crippen molar-refractivity contribution < 1.29 is 9.84 Å². The molecule has 0 unspecified atom stereocenters. The van der Waals surface area contributed by atoms with Crippen molar-refractivity contribution in [1.29, 1.82) is 0 Å². The minimum Gasteiger partial charge on any atom is -0.497 e. The highest BCUT2D eigenvalue weighted by molar-refractivity contribution is 5.82. The van der Waals surface area contributed by atoms with Crippen molar-refractivity contribution >= 4 is 11.9 Å². The number of hydrogen-bond donors (Lipinski definition) is 3. The molecule has 3 N–H and O–H groups in total. The molecule has 0 amide bonds. The summed E-state index contributed by atoms with van der Waals surface area (Å²) in [7, 11) is 1.57. The summed E-state index contributed by atoms with van der Waals surface area (Å²) in [5.74, 6) is 0.207. The Kier molecular flexibility index (Phi) is 5.07. The number of nitrogens with zero attached hydrogens (tertiary/aromatic N) is 2. The number of methoxy groups -OCH3 is 1. The fourth-order valence-corrected chi connectivity index (χ4v) is 2.50. The van der Waals surface area contributed by atoms with Gasteiger partial charge in [-0.3, -0.25) is 15.2 Å². The van der Waals surface area contributed by atoms with E-state index in [1.165, 1.54) is 0 Å². The molecule has 0 bridgehead atoms. The largest absolute Gasteiger partial charge is 0.497 e. The van der Waals surface area contributed by atoms with Gasteiger partial charge in [-0.25, -0.2) is 9.36 Å². The van der Waals surface area contributed by atoms with E-state index >= 15 is 0 Å². The summed E-state index contributed by atoms with van der Waals surface area (Å²) in [6.07, 6.45) is 1.16. The Morgan fingerprint density at radius 3 is 2.59 bits per heavy atom. The van der Waals surface area contributed by atoms with Crippen LogP contribution >= 0.6 is 0 Å². The number of hydrazone groups is 1. The van der Waals surface area contributed by atoms with Gasteiger partial charge in [-0.2, -0.15) is 5.10 Å². The molecule has 0 fully saturated rings. The summed E-state index contributed by atoms with van der Waals surface area (Å²) < 4.78 is 6.09. The molecule has 138 valence electrons. The molecule has 0 aliphatic carbocycles. The Labute approximate surface area is 154 Å². The predicted octanol–water partition coefficient (Wildman–Crippen LogP) is 1.99. The highest BCUT2D eigenvalue weighted by Gasteiger charge is 2.14.